The van der Waals surface area contributed by atoms with Crippen molar-refractivity contribution in [1.29, 1.82) is 0 Å². The van der Waals surface area contributed by atoms with Crippen molar-refractivity contribution in [2.24, 2.45) is 0 Å². The highest BCUT2D eigenvalue weighted by atomic mass is 79.9. The van der Waals surface area contributed by atoms with Crippen molar-refractivity contribution in [3.63, 3.8) is 0 Å². The average Bonchev–Trinajstić information content (AvgIpc) is 2.43. The summed E-state index contributed by atoms with van der Waals surface area (Å²) in [6, 6.07) is 3.21. The number of aliphatic carboxylic acids is 1. The van der Waals surface area contributed by atoms with Crippen molar-refractivity contribution in [3.05, 3.63) is 26.6 Å². The predicted molar refractivity (Wildman–Crippen MR) is 101 cm³/mol. The molecule has 0 saturated heterocycles. The zero-order chi connectivity index (χ0) is 19.2. The van der Waals surface area contributed by atoms with Crippen molar-refractivity contribution >= 4 is 43.7 Å². The van der Waals surface area contributed by atoms with Gasteiger partial charge in [0.05, 0.1) is 42.7 Å². The third-order valence-electron chi connectivity index (χ3n) is 3.69. The summed E-state index contributed by atoms with van der Waals surface area (Å²) in [7, 11) is 5.45. The highest BCUT2D eigenvalue weighted by Crippen LogP contribution is 2.35. The lowest BCUT2D eigenvalue weighted by atomic mass is 10.1. The third-order valence-corrected chi connectivity index (χ3v) is 4.87. The summed E-state index contributed by atoms with van der Waals surface area (Å²) in [5.74, 6) is -0.512. The van der Waals surface area contributed by atoms with Crippen LogP contribution in [0.2, 0.25) is 0 Å². The van der Waals surface area contributed by atoms with Crippen molar-refractivity contribution < 1.29 is 23.9 Å². The molecule has 140 valence electrons. The van der Waals surface area contributed by atoms with Crippen LogP contribution in [-0.4, -0.2) is 56.7 Å². The second-order valence-corrected chi connectivity index (χ2v) is 8.42. The van der Waals surface area contributed by atoms with E-state index in [9.17, 15) is 14.7 Å². The summed E-state index contributed by atoms with van der Waals surface area (Å²) in [4.78, 5) is 22.2. The van der Waals surface area contributed by atoms with Crippen molar-refractivity contribution in [2.45, 2.75) is 25.8 Å². The lowest BCUT2D eigenvalue weighted by molar-refractivity contribution is -0.889. The first-order valence-electron chi connectivity index (χ1n) is 7.89. The van der Waals surface area contributed by atoms with Crippen molar-refractivity contribution in [1.82, 2.24) is 5.32 Å². The Balaban J connectivity index is 2.70. The van der Waals surface area contributed by atoms with Gasteiger partial charge in [-0.2, -0.15) is 0 Å². The van der Waals surface area contributed by atoms with Gasteiger partial charge in [0.15, 0.2) is 0 Å². The Bertz CT molecular complexity index is 607. The van der Waals surface area contributed by atoms with Gasteiger partial charge in [-0.05, 0) is 56.0 Å². The molecule has 0 aromatic heterocycles. The van der Waals surface area contributed by atoms with Gasteiger partial charge < -0.3 is 24.4 Å². The quantitative estimate of drug-likeness (QED) is 0.544. The number of rotatable bonds is 9. The van der Waals surface area contributed by atoms with E-state index >= 15 is 0 Å². The van der Waals surface area contributed by atoms with Crippen LogP contribution in [0.15, 0.2) is 21.1 Å². The Hall–Kier alpha value is -1.12. The first-order valence-corrected chi connectivity index (χ1v) is 9.48. The zero-order valence-electron chi connectivity index (χ0n) is 14.9. The molecule has 1 rings (SSSR count). The molecular formula is C17H24Br2N2O4. The first-order chi connectivity index (χ1) is 11.5. The van der Waals surface area contributed by atoms with Crippen LogP contribution < -0.4 is 15.2 Å². The maximum atomic E-state index is 11.3. The van der Waals surface area contributed by atoms with Gasteiger partial charge in [0.25, 0.3) is 0 Å². The summed E-state index contributed by atoms with van der Waals surface area (Å²) in [6.07, 6.45) is 1.04. The fraction of sp³-hybridized carbons (Fsp3) is 0.529. The molecule has 0 fully saturated rings. The van der Waals surface area contributed by atoms with Crippen LogP contribution in [-0.2, 0) is 16.0 Å². The molecule has 0 heterocycles. The number of ether oxygens (including phenoxy) is 1. The monoisotopic (exact) mass is 478 g/mol. The fourth-order valence-electron chi connectivity index (χ4n) is 2.37. The summed E-state index contributed by atoms with van der Waals surface area (Å²) in [5, 5.41) is 14.0. The van der Waals surface area contributed by atoms with Gasteiger partial charge in [0.1, 0.15) is 11.8 Å². The largest absolute Gasteiger partial charge is 0.544 e. The summed E-state index contributed by atoms with van der Waals surface area (Å²) in [6.45, 7) is 2.31. The lowest BCUT2D eigenvalue weighted by Crippen LogP contribution is -2.55. The maximum absolute atomic E-state index is 11.3. The van der Waals surface area contributed by atoms with Gasteiger partial charge in [-0.15, -0.1) is 0 Å². The number of nitrogens with zero attached hydrogens (tertiary/aromatic N) is 1. The van der Waals surface area contributed by atoms with Crippen LogP contribution in [0.3, 0.4) is 0 Å². The van der Waals surface area contributed by atoms with E-state index in [1.807, 2.05) is 33.3 Å². The highest BCUT2D eigenvalue weighted by Gasteiger charge is 2.25. The molecule has 25 heavy (non-hydrogen) atoms. The lowest BCUT2D eigenvalue weighted by Gasteiger charge is -2.34. The number of nitrogens with one attached hydrogen (secondary N) is 1. The molecule has 0 aliphatic carbocycles. The minimum Gasteiger partial charge on any atom is -0.544 e. The predicted octanol–water partition coefficient (Wildman–Crippen LogP) is 1.48. The van der Waals surface area contributed by atoms with Gasteiger partial charge in [-0.25, -0.2) is 0 Å². The van der Waals surface area contributed by atoms with E-state index in [1.165, 1.54) is 6.92 Å². The van der Waals surface area contributed by atoms with Crippen LogP contribution >= 0.6 is 31.9 Å². The Morgan fingerprint density at radius 1 is 1.24 bits per heavy atom. The van der Waals surface area contributed by atoms with E-state index in [2.05, 4.69) is 37.2 Å². The number of carboxylic acid groups (broad SMARTS) is 1. The minimum absolute atomic E-state index is 0.0576. The molecule has 1 atom stereocenters. The van der Waals surface area contributed by atoms with E-state index < -0.39 is 12.0 Å². The van der Waals surface area contributed by atoms with E-state index in [0.717, 1.165) is 14.5 Å². The number of carboxylic acids is 1. The molecule has 0 spiro atoms. The number of amides is 1. The summed E-state index contributed by atoms with van der Waals surface area (Å²) < 4.78 is 7.60. The number of carbonyl (C=O) groups excluding carboxylic acids is 2. The smallest absolute Gasteiger partial charge is 0.216 e. The minimum atomic E-state index is -1.08. The molecule has 8 heteroatoms. The van der Waals surface area contributed by atoms with Crippen LogP contribution in [0.1, 0.15) is 18.9 Å². The Morgan fingerprint density at radius 2 is 1.80 bits per heavy atom. The maximum Gasteiger partial charge on any atom is 0.216 e. The highest BCUT2D eigenvalue weighted by molar-refractivity contribution is 9.11. The molecule has 1 aromatic carbocycles. The standard InChI is InChI=1S/C17H24Br2N2O4/c1-11(22)20-7-5-12-9-13(18)16(14(19)10-12)25-8-6-15(17(23)24)21(2,3)4/h9-10,15H,5-8H2,1-4H3,(H-,20,22,23,24). The first kappa shape index (κ1) is 21.9. The number of halogens is 2. The van der Waals surface area contributed by atoms with Gasteiger partial charge in [0.2, 0.25) is 5.91 Å². The molecule has 1 N–H and O–H groups in total. The number of benzene rings is 1. The van der Waals surface area contributed by atoms with Gasteiger partial charge >= 0.3 is 0 Å². The van der Waals surface area contributed by atoms with E-state index in [0.29, 0.717) is 25.1 Å². The van der Waals surface area contributed by atoms with Crippen LogP contribution in [0.25, 0.3) is 0 Å². The van der Waals surface area contributed by atoms with E-state index in [1.54, 1.807) is 0 Å². The molecule has 0 radical (unpaired) electrons. The van der Waals surface area contributed by atoms with Gasteiger partial charge in [-0.3, -0.25) is 4.79 Å². The third kappa shape index (κ3) is 7.33. The number of hydrogen-bond acceptors (Lipinski definition) is 4. The second-order valence-electron chi connectivity index (χ2n) is 6.71. The molecule has 0 aliphatic rings. The Labute approximate surface area is 165 Å². The number of likely N-dealkylation sites (N-methyl/N-ethyl adjacent to an activating group) is 1. The molecule has 0 aliphatic heterocycles. The van der Waals surface area contributed by atoms with Crippen LogP contribution in [0.4, 0.5) is 0 Å². The number of hydrogen-bond donors (Lipinski definition) is 1. The molecule has 1 aromatic rings. The van der Waals surface area contributed by atoms with Gasteiger partial charge in [0, 0.05) is 19.9 Å². The molecule has 1 amide bonds. The number of carbonyl (C=O) groups is 2. The molecule has 0 bridgehead atoms. The fourth-order valence-corrected chi connectivity index (χ4v) is 3.88. The molecule has 1 unspecified atom stereocenters. The van der Waals surface area contributed by atoms with E-state index in [-0.39, 0.29) is 17.0 Å². The van der Waals surface area contributed by atoms with Crippen LogP contribution in [0, 0.1) is 0 Å². The normalized spacial score (nSPS) is 12.6. The average molecular weight is 480 g/mol. The molecular weight excluding hydrogens is 456 g/mol. The Kier molecular flexibility index (Phi) is 8.37. The molecule has 0 saturated carbocycles. The van der Waals surface area contributed by atoms with E-state index in [4.69, 9.17) is 4.74 Å². The zero-order valence-corrected chi connectivity index (χ0v) is 18.1. The second kappa shape index (κ2) is 9.54. The van der Waals surface area contributed by atoms with Crippen molar-refractivity contribution in [3.8, 4) is 5.75 Å². The number of quaternary nitrogens is 1. The molecule has 6 nitrogen and oxygen atoms in total. The Morgan fingerprint density at radius 3 is 2.24 bits per heavy atom. The summed E-state index contributed by atoms with van der Waals surface area (Å²) in [5.41, 5.74) is 1.04. The van der Waals surface area contributed by atoms with Gasteiger partial charge in [-0.1, -0.05) is 0 Å². The topological polar surface area (TPSA) is 78.5 Å². The summed E-state index contributed by atoms with van der Waals surface area (Å²) >= 11 is 6.96. The van der Waals surface area contributed by atoms with Crippen LogP contribution in [0.5, 0.6) is 5.75 Å². The SMILES string of the molecule is CC(=O)NCCc1cc(Br)c(OCCC(C(=O)[O-])[N+](C)(C)C)c(Br)c1. The van der Waals surface area contributed by atoms with Crippen molar-refractivity contribution in [2.75, 3.05) is 34.3 Å².